The molecule has 0 saturated carbocycles. The summed E-state index contributed by atoms with van der Waals surface area (Å²) in [6.45, 7) is 0. The smallest absolute Gasteiger partial charge is 0.261 e. The van der Waals surface area contributed by atoms with Gasteiger partial charge in [0.2, 0.25) is 0 Å². The SMILES string of the molecule is [2H]c1ncc(C(F)(F)F)cc1F. The molecule has 0 bridgehead atoms. The van der Waals surface area contributed by atoms with Crippen molar-refractivity contribution < 1.29 is 18.9 Å². The summed E-state index contributed by atoms with van der Waals surface area (Å²) in [6.07, 6.45) is -4.98. The molecule has 60 valence electrons. The van der Waals surface area contributed by atoms with Gasteiger partial charge in [-0.15, -0.1) is 0 Å². The fourth-order valence-electron chi connectivity index (χ4n) is 0.525. The molecule has 1 heterocycles. The number of alkyl halides is 3. The fourth-order valence-corrected chi connectivity index (χ4v) is 0.525. The second-order valence-corrected chi connectivity index (χ2v) is 1.82. The highest BCUT2D eigenvalue weighted by Gasteiger charge is 2.30. The van der Waals surface area contributed by atoms with E-state index in [4.69, 9.17) is 1.37 Å². The number of halogens is 4. The highest BCUT2D eigenvalue weighted by atomic mass is 19.4. The van der Waals surface area contributed by atoms with Gasteiger partial charge in [-0.1, -0.05) is 0 Å². The Morgan fingerprint density at radius 2 is 2.09 bits per heavy atom. The molecule has 0 N–H and O–H groups in total. The van der Waals surface area contributed by atoms with Gasteiger partial charge in [0.25, 0.3) is 0 Å². The van der Waals surface area contributed by atoms with Gasteiger partial charge in [-0.2, -0.15) is 13.2 Å². The number of nitrogens with zero attached hydrogens (tertiary/aromatic N) is 1. The van der Waals surface area contributed by atoms with Crippen LogP contribution in [0.5, 0.6) is 0 Å². The van der Waals surface area contributed by atoms with Gasteiger partial charge in [-0.3, -0.25) is 4.98 Å². The first-order valence-corrected chi connectivity index (χ1v) is 2.60. The third-order valence-corrected chi connectivity index (χ3v) is 0.985. The molecule has 0 saturated heterocycles. The van der Waals surface area contributed by atoms with Gasteiger partial charge < -0.3 is 0 Å². The van der Waals surface area contributed by atoms with Crippen molar-refractivity contribution in [1.82, 2.24) is 4.98 Å². The summed E-state index contributed by atoms with van der Waals surface area (Å²) in [5.41, 5.74) is -1.18. The number of rotatable bonds is 0. The second kappa shape index (κ2) is 2.48. The van der Waals surface area contributed by atoms with Crippen molar-refractivity contribution in [3.63, 3.8) is 0 Å². The molecule has 11 heavy (non-hydrogen) atoms. The van der Waals surface area contributed by atoms with E-state index in [0.717, 1.165) is 0 Å². The van der Waals surface area contributed by atoms with E-state index in [1.54, 1.807) is 0 Å². The van der Waals surface area contributed by atoms with Crippen LogP contribution in [0.15, 0.2) is 18.4 Å². The van der Waals surface area contributed by atoms with Crippen LogP contribution < -0.4 is 0 Å². The van der Waals surface area contributed by atoms with Crippen LogP contribution in [0.1, 0.15) is 6.93 Å². The Kier molecular flexibility index (Phi) is 1.48. The predicted octanol–water partition coefficient (Wildman–Crippen LogP) is 2.24. The molecule has 0 aliphatic carbocycles. The van der Waals surface area contributed by atoms with E-state index in [0.29, 0.717) is 6.20 Å². The first-order chi connectivity index (χ1) is 5.41. The minimum atomic E-state index is -4.61. The van der Waals surface area contributed by atoms with Crippen molar-refractivity contribution in [3.05, 3.63) is 29.8 Å². The number of hydrogen-bond acceptors (Lipinski definition) is 1. The summed E-state index contributed by atoms with van der Waals surface area (Å²) >= 11 is 0. The number of hydrogen-bond donors (Lipinski definition) is 0. The molecule has 0 aliphatic heterocycles. The fraction of sp³-hybridized carbons (Fsp3) is 0.167. The zero-order valence-electron chi connectivity index (χ0n) is 6.11. The van der Waals surface area contributed by atoms with E-state index in [9.17, 15) is 17.6 Å². The lowest BCUT2D eigenvalue weighted by molar-refractivity contribution is -0.138. The quantitative estimate of drug-likeness (QED) is 0.538. The molecule has 1 aromatic rings. The maximum absolute atomic E-state index is 12.4. The number of pyridine rings is 1. The standard InChI is InChI=1S/C6H3F4N/c7-5-1-4(2-11-3-5)6(8,9)10/h1-3H/i3D. The van der Waals surface area contributed by atoms with Crippen molar-refractivity contribution >= 4 is 0 Å². The summed E-state index contributed by atoms with van der Waals surface area (Å²) in [6, 6.07) is 0.245. The Morgan fingerprint density at radius 1 is 1.45 bits per heavy atom. The van der Waals surface area contributed by atoms with Crippen molar-refractivity contribution in [2.75, 3.05) is 0 Å². The summed E-state index contributed by atoms with van der Waals surface area (Å²) in [5.74, 6) is -1.27. The molecular formula is C6H3F4N. The average molecular weight is 166 g/mol. The van der Waals surface area contributed by atoms with E-state index < -0.39 is 23.7 Å². The van der Waals surface area contributed by atoms with E-state index in [-0.39, 0.29) is 6.07 Å². The van der Waals surface area contributed by atoms with Crippen LogP contribution >= 0.6 is 0 Å². The van der Waals surface area contributed by atoms with E-state index >= 15 is 0 Å². The van der Waals surface area contributed by atoms with Crippen LogP contribution in [-0.4, -0.2) is 4.98 Å². The lowest BCUT2D eigenvalue weighted by atomic mass is 10.3. The average Bonchev–Trinajstić information content (AvgIpc) is 1.92. The van der Waals surface area contributed by atoms with Crippen molar-refractivity contribution in [2.45, 2.75) is 6.18 Å². The Bertz CT molecular complexity index is 296. The molecule has 0 unspecified atom stereocenters. The van der Waals surface area contributed by atoms with E-state index in [1.165, 1.54) is 0 Å². The maximum atomic E-state index is 12.4. The molecule has 1 rings (SSSR count). The topological polar surface area (TPSA) is 12.9 Å². The predicted molar refractivity (Wildman–Crippen MR) is 29.2 cm³/mol. The third-order valence-electron chi connectivity index (χ3n) is 0.985. The van der Waals surface area contributed by atoms with Gasteiger partial charge in [0.15, 0.2) is 0 Å². The molecule has 0 aromatic carbocycles. The molecule has 0 fully saturated rings. The van der Waals surface area contributed by atoms with Crippen LogP contribution in [0.3, 0.4) is 0 Å². The third kappa shape index (κ3) is 1.89. The Labute approximate surface area is 61.1 Å². The van der Waals surface area contributed by atoms with Gasteiger partial charge in [0.05, 0.1) is 13.1 Å². The van der Waals surface area contributed by atoms with Crippen molar-refractivity contribution in [1.29, 1.82) is 0 Å². The summed E-state index contributed by atoms with van der Waals surface area (Å²) < 4.78 is 54.5. The molecule has 0 spiro atoms. The van der Waals surface area contributed by atoms with Crippen LogP contribution in [0.25, 0.3) is 0 Å². The summed E-state index contributed by atoms with van der Waals surface area (Å²) in [5, 5.41) is 0. The molecule has 0 aliphatic rings. The van der Waals surface area contributed by atoms with Gasteiger partial charge >= 0.3 is 6.18 Å². The second-order valence-electron chi connectivity index (χ2n) is 1.82. The molecule has 5 heteroatoms. The number of aromatic nitrogens is 1. The van der Waals surface area contributed by atoms with Crippen LogP contribution in [0, 0.1) is 5.82 Å². The Morgan fingerprint density at radius 3 is 2.55 bits per heavy atom. The zero-order chi connectivity index (χ0) is 9.35. The largest absolute Gasteiger partial charge is 0.417 e. The van der Waals surface area contributed by atoms with E-state index in [1.807, 2.05) is 0 Å². The minimum Gasteiger partial charge on any atom is -0.261 e. The molecule has 0 amide bonds. The van der Waals surface area contributed by atoms with Gasteiger partial charge in [0.1, 0.15) is 5.82 Å². The summed E-state index contributed by atoms with van der Waals surface area (Å²) in [7, 11) is 0. The molecular weight excluding hydrogens is 162 g/mol. The van der Waals surface area contributed by atoms with Gasteiger partial charge in [-0.25, -0.2) is 4.39 Å². The first-order valence-electron chi connectivity index (χ1n) is 3.10. The first kappa shape index (κ1) is 6.57. The van der Waals surface area contributed by atoms with Gasteiger partial charge in [0, 0.05) is 6.20 Å². The van der Waals surface area contributed by atoms with Crippen LogP contribution in [0.4, 0.5) is 17.6 Å². The lowest BCUT2D eigenvalue weighted by Gasteiger charge is -2.04. The van der Waals surface area contributed by atoms with Gasteiger partial charge in [-0.05, 0) is 6.07 Å². The highest BCUT2D eigenvalue weighted by molar-refractivity contribution is 5.13. The van der Waals surface area contributed by atoms with Crippen molar-refractivity contribution in [2.24, 2.45) is 0 Å². The van der Waals surface area contributed by atoms with Crippen LogP contribution in [0.2, 0.25) is 0 Å². The lowest BCUT2D eigenvalue weighted by Crippen LogP contribution is -2.05. The zero-order valence-corrected chi connectivity index (χ0v) is 5.11. The van der Waals surface area contributed by atoms with Crippen LogP contribution in [-0.2, 0) is 6.18 Å². The van der Waals surface area contributed by atoms with E-state index in [2.05, 4.69) is 4.98 Å². The normalized spacial score (nSPS) is 12.9. The van der Waals surface area contributed by atoms with Crippen molar-refractivity contribution in [3.8, 4) is 0 Å². The Hall–Kier alpha value is -1.13. The highest BCUT2D eigenvalue weighted by Crippen LogP contribution is 2.28. The minimum absolute atomic E-state index is 0.245. The molecule has 1 nitrogen and oxygen atoms in total. The monoisotopic (exact) mass is 166 g/mol. The molecule has 1 aromatic heterocycles. The summed E-state index contributed by atoms with van der Waals surface area (Å²) in [4.78, 5) is 2.92. The molecule has 0 atom stereocenters. The maximum Gasteiger partial charge on any atom is 0.417 e. The molecule has 0 radical (unpaired) electrons. The Balaban J connectivity index is 3.14.